The first-order valence-corrected chi connectivity index (χ1v) is 9.27. The van der Waals surface area contributed by atoms with Gasteiger partial charge < -0.3 is 9.64 Å². The third-order valence-electron chi connectivity index (χ3n) is 4.50. The van der Waals surface area contributed by atoms with Crippen LogP contribution in [0.5, 0.6) is 5.75 Å². The molecule has 1 aromatic heterocycles. The number of benzene rings is 2. The lowest BCUT2D eigenvalue weighted by molar-refractivity contribution is 0.102. The van der Waals surface area contributed by atoms with Crippen LogP contribution in [-0.2, 0) is 0 Å². The van der Waals surface area contributed by atoms with E-state index >= 15 is 0 Å². The first-order chi connectivity index (χ1) is 13.5. The molecule has 0 aliphatic rings. The van der Waals surface area contributed by atoms with Crippen LogP contribution in [0.4, 0.5) is 11.6 Å². The van der Waals surface area contributed by atoms with Crippen LogP contribution >= 0.6 is 0 Å². The number of ether oxygens (including phenoxy) is 1. The number of carbonyl (C=O) groups is 1. The summed E-state index contributed by atoms with van der Waals surface area (Å²) in [5, 5.41) is 9.64. The number of aromatic nitrogens is 3. The second-order valence-corrected chi connectivity index (χ2v) is 6.59. The highest BCUT2D eigenvalue weighted by atomic mass is 16.5. The second-order valence-electron chi connectivity index (χ2n) is 6.59. The van der Waals surface area contributed by atoms with Crippen molar-refractivity contribution in [2.75, 3.05) is 23.9 Å². The molecule has 2 aromatic carbocycles. The Labute approximate surface area is 164 Å². The largest absolute Gasteiger partial charge is 0.496 e. The van der Waals surface area contributed by atoms with Crippen LogP contribution in [-0.4, -0.2) is 40.8 Å². The fourth-order valence-corrected chi connectivity index (χ4v) is 3.10. The molecule has 0 aliphatic carbocycles. The van der Waals surface area contributed by atoms with Gasteiger partial charge in [0.1, 0.15) is 5.75 Å². The fourth-order valence-electron chi connectivity index (χ4n) is 3.10. The van der Waals surface area contributed by atoms with Crippen LogP contribution in [0.25, 0.3) is 11.4 Å². The molecule has 7 heteroatoms. The number of nitrogens with one attached hydrogen (secondary N) is 2. The van der Waals surface area contributed by atoms with Crippen LogP contribution in [0.15, 0.2) is 48.5 Å². The molecule has 28 heavy (non-hydrogen) atoms. The fraction of sp³-hybridized carbons (Fsp3) is 0.286. The van der Waals surface area contributed by atoms with Crippen molar-refractivity contribution in [3.05, 3.63) is 54.1 Å². The van der Waals surface area contributed by atoms with Gasteiger partial charge in [-0.15, -0.1) is 5.10 Å². The van der Waals surface area contributed by atoms with Gasteiger partial charge in [-0.1, -0.05) is 12.1 Å². The van der Waals surface area contributed by atoms with Crippen molar-refractivity contribution >= 4 is 17.5 Å². The number of carbonyl (C=O) groups excluding carboxylic acids is 1. The van der Waals surface area contributed by atoms with E-state index in [0.29, 0.717) is 23.2 Å². The smallest absolute Gasteiger partial charge is 0.258 e. The number of methoxy groups -OCH3 is 1. The van der Waals surface area contributed by atoms with Gasteiger partial charge in [-0.2, -0.15) is 4.98 Å². The molecule has 0 saturated heterocycles. The Hall–Kier alpha value is -3.35. The van der Waals surface area contributed by atoms with Gasteiger partial charge in [0.2, 0.25) is 5.95 Å². The van der Waals surface area contributed by atoms with Gasteiger partial charge in [0.25, 0.3) is 5.91 Å². The molecule has 0 bridgehead atoms. The predicted octanol–water partition coefficient (Wildman–Crippen LogP) is 3.97. The van der Waals surface area contributed by atoms with Crippen molar-refractivity contribution in [2.45, 2.75) is 26.8 Å². The predicted molar refractivity (Wildman–Crippen MR) is 111 cm³/mol. The minimum absolute atomic E-state index is 0.215. The Morgan fingerprint density at radius 2 is 1.89 bits per heavy atom. The number of H-pyrrole nitrogens is 1. The highest BCUT2D eigenvalue weighted by Gasteiger charge is 2.14. The van der Waals surface area contributed by atoms with E-state index in [1.807, 2.05) is 48.5 Å². The zero-order valence-electron chi connectivity index (χ0n) is 16.6. The Morgan fingerprint density at radius 1 is 1.18 bits per heavy atom. The summed E-state index contributed by atoms with van der Waals surface area (Å²) in [5.41, 5.74) is 2.41. The summed E-state index contributed by atoms with van der Waals surface area (Å²) in [6.45, 7) is 7.31. The van der Waals surface area contributed by atoms with Gasteiger partial charge in [-0.25, -0.2) is 0 Å². The highest BCUT2D eigenvalue weighted by molar-refractivity contribution is 6.03. The number of hydrogen-bond donors (Lipinski definition) is 2. The van der Waals surface area contributed by atoms with Crippen molar-refractivity contribution in [1.29, 1.82) is 0 Å². The summed E-state index contributed by atoms with van der Waals surface area (Å²) < 4.78 is 5.34. The minimum Gasteiger partial charge on any atom is -0.496 e. The molecule has 1 heterocycles. The Morgan fingerprint density at radius 3 is 2.54 bits per heavy atom. The maximum Gasteiger partial charge on any atom is 0.258 e. The van der Waals surface area contributed by atoms with E-state index in [2.05, 4.69) is 46.2 Å². The summed E-state index contributed by atoms with van der Waals surface area (Å²) in [5.74, 6) is 1.16. The molecule has 3 rings (SSSR count). The minimum atomic E-state index is -0.260. The Kier molecular flexibility index (Phi) is 5.93. The molecule has 3 aromatic rings. The first kappa shape index (κ1) is 19.4. The van der Waals surface area contributed by atoms with Crippen molar-refractivity contribution in [2.24, 2.45) is 0 Å². The zero-order chi connectivity index (χ0) is 20.1. The van der Waals surface area contributed by atoms with Crippen LogP contribution in [0.2, 0.25) is 0 Å². The van der Waals surface area contributed by atoms with Gasteiger partial charge in [0.15, 0.2) is 5.82 Å². The molecule has 7 nitrogen and oxygen atoms in total. The average Bonchev–Trinajstić information content (AvgIpc) is 3.17. The summed E-state index contributed by atoms with van der Waals surface area (Å²) in [6, 6.07) is 15.4. The molecule has 0 unspecified atom stereocenters. The van der Waals surface area contributed by atoms with E-state index in [4.69, 9.17) is 4.74 Å². The highest BCUT2D eigenvalue weighted by Crippen LogP contribution is 2.27. The van der Waals surface area contributed by atoms with Gasteiger partial charge >= 0.3 is 0 Å². The topological polar surface area (TPSA) is 83.1 Å². The number of anilines is 2. The molecule has 0 radical (unpaired) electrons. The van der Waals surface area contributed by atoms with Crippen LogP contribution in [0.3, 0.4) is 0 Å². The normalized spacial score (nSPS) is 10.8. The van der Waals surface area contributed by atoms with Gasteiger partial charge in [0, 0.05) is 23.8 Å². The molecule has 0 saturated carbocycles. The number of amides is 1. The number of para-hydroxylation sites is 1. The van der Waals surface area contributed by atoms with E-state index in [1.165, 1.54) is 0 Å². The third-order valence-corrected chi connectivity index (χ3v) is 4.50. The maximum absolute atomic E-state index is 12.5. The van der Waals surface area contributed by atoms with Crippen molar-refractivity contribution < 1.29 is 9.53 Å². The van der Waals surface area contributed by atoms with Crippen molar-refractivity contribution in [1.82, 2.24) is 15.2 Å². The van der Waals surface area contributed by atoms with E-state index in [0.717, 1.165) is 17.8 Å². The van der Waals surface area contributed by atoms with Crippen molar-refractivity contribution in [3.63, 3.8) is 0 Å². The lowest BCUT2D eigenvalue weighted by atomic mass is 10.1. The summed E-state index contributed by atoms with van der Waals surface area (Å²) in [4.78, 5) is 19.1. The lowest BCUT2D eigenvalue weighted by Crippen LogP contribution is -2.30. The number of aromatic amines is 1. The standard InChI is InChI=1S/C21H25N5O2/c1-5-26(14(2)3)16-12-10-15(11-13-16)20(27)23-21-22-19(24-25-21)17-8-6-7-9-18(17)28-4/h6-14H,5H2,1-4H3,(H2,22,23,24,25,27). The molecule has 146 valence electrons. The Bertz CT molecular complexity index is 934. The molecular formula is C21H25N5O2. The first-order valence-electron chi connectivity index (χ1n) is 9.27. The number of hydrogen-bond acceptors (Lipinski definition) is 5. The molecule has 0 aliphatic heterocycles. The van der Waals surface area contributed by atoms with Crippen LogP contribution in [0, 0.1) is 0 Å². The van der Waals surface area contributed by atoms with Crippen LogP contribution in [0.1, 0.15) is 31.1 Å². The van der Waals surface area contributed by atoms with Gasteiger partial charge in [0.05, 0.1) is 12.7 Å². The quantitative estimate of drug-likeness (QED) is 0.649. The molecule has 0 spiro atoms. The van der Waals surface area contributed by atoms with E-state index in [1.54, 1.807) is 7.11 Å². The van der Waals surface area contributed by atoms with Crippen molar-refractivity contribution in [3.8, 4) is 17.1 Å². The molecule has 0 atom stereocenters. The van der Waals surface area contributed by atoms with Crippen LogP contribution < -0.4 is 15.0 Å². The number of nitrogens with zero attached hydrogens (tertiary/aromatic N) is 3. The lowest BCUT2D eigenvalue weighted by Gasteiger charge is -2.27. The van der Waals surface area contributed by atoms with E-state index < -0.39 is 0 Å². The molecule has 0 fully saturated rings. The summed E-state index contributed by atoms with van der Waals surface area (Å²) in [7, 11) is 1.60. The summed E-state index contributed by atoms with van der Waals surface area (Å²) in [6.07, 6.45) is 0. The summed E-state index contributed by atoms with van der Waals surface area (Å²) >= 11 is 0. The molecule has 1 amide bonds. The maximum atomic E-state index is 12.5. The SMILES string of the molecule is CCN(c1ccc(C(=O)Nc2n[nH]c(-c3ccccc3OC)n2)cc1)C(C)C. The third kappa shape index (κ3) is 4.14. The molecular weight excluding hydrogens is 354 g/mol. The van der Waals surface area contributed by atoms with Gasteiger partial charge in [-0.05, 0) is 57.2 Å². The Balaban J connectivity index is 1.73. The average molecular weight is 379 g/mol. The van der Waals surface area contributed by atoms with E-state index in [9.17, 15) is 4.79 Å². The molecule has 2 N–H and O–H groups in total. The van der Waals surface area contributed by atoms with E-state index in [-0.39, 0.29) is 11.9 Å². The monoisotopic (exact) mass is 379 g/mol. The number of rotatable bonds is 7. The second kappa shape index (κ2) is 8.56. The van der Waals surface area contributed by atoms with Gasteiger partial charge in [-0.3, -0.25) is 15.2 Å². The zero-order valence-corrected chi connectivity index (χ0v) is 16.6.